The molecule has 3 heterocycles. The number of carbonyl (C=O) groups excluding carboxylic acids is 8. The van der Waals surface area contributed by atoms with Crippen molar-refractivity contribution in [3.8, 4) is 0 Å². The lowest BCUT2D eigenvalue weighted by molar-refractivity contribution is -0.248. The highest BCUT2D eigenvalue weighted by Crippen LogP contribution is 2.31. The Balaban J connectivity index is 1.71. The first-order valence-corrected chi connectivity index (χ1v) is 18.8. The molecule has 0 aliphatic carbocycles. The van der Waals surface area contributed by atoms with Crippen molar-refractivity contribution < 1.29 is 53.6 Å². The summed E-state index contributed by atoms with van der Waals surface area (Å²) in [6.45, 7) is 1.62. The van der Waals surface area contributed by atoms with Crippen LogP contribution in [0.5, 0.6) is 0 Å². The lowest BCUT2D eigenvalue weighted by Crippen LogP contribution is -2.58. The number of para-hydroxylation sites is 1. The molecule has 1 fully saturated rings. The summed E-state index contributed by atoms with van der Waals surface area (Å²) >= 11 is 1.07. The summed E-state index contributed by atoms with van der Waals surface area (Å²) in [4.78, 5) is 113. The molecule has 0 saturated carbocycles. The molecule has 2 aromatic rings. The molecule has 0 spiro atoms. The summed E-state index contributed by atoms with van der Waals surface area (Å²) in [6, 6.07) is 0.657. The number of hydrogen-bond donors (Lipinski definition) is 11. The number of nitrogens with zero attached hydrogens (tertiary/aromatic N) is 1. The van der Waals surface area contributed by atoms with Gasteiger partial charge in [0.25, 0.3) is 0 Å². The van der Waals surface area contributed by atoms with E-state index in [0.29, 0.717) is 27.9 Å². The Kier molecular flexibility index (Phi) is 15.5. The van der Waals surface area contributed by atoms with Crippen LogP contribution in [0.25, 0.3) is 10.9 Å². The summed E-state index contributed by atoms with van der Waals surface area (Å²) in [5.74, 6) is -7.20. The van der Waals surface area contributed by atoms with Crippen molar-refractivity contribution in [1.29, 1.82) is 0 Å². The maximum absolute atomic E-state index is 14.0. The van der Waals surface area contributed by atoms with Gasteiger partial charge in [-0.3, -0.25) is 48.9 Å². The number of aliphatic hydroxyl groups is 1. The number of benzene rings is 1. The first kappa shape index (κ1) is 43.4. The van der Waals surface area contributed by atoms with Gasteiger partial charge in [-0.1, -0.05) is 38.5 Å². The van der Waals surface area contributed by atoms with Gasteiger partial charge in [0, 0.05) is 36.0 Å². The fourth-order valence-electron chi connectivity index (χ4n) is 6.39. The van der Waals surface area contributed by atoms with Crippen LogP contribution in [0.4, 0.5) is 0 Å². The fraction of sp³-hybridized carbons (Fsp3) is 0.529. The van der Waals surface area contributed by atoms with Gasteiger partial charge in [-0.25, -0.2) is 4.89 Å². The third-order valence-corrected chi connectivity index (χ3v) is 10.6. The molecule has 1 saturated heterocycles. The summed E-state index contributed by atoms with van der Waals surface area (Å²) in [5, 5.41) is 35.8. The highest BCUT2D eigenvalue weighted by molar-refractivity contribution is 7.99. The second kappa shape index (κ2) is 20.0. The molecular formula is C34H48N10O11S. The number of thioether (sulfide) groups is 1. The van der Waals surface area contributed by atoms with Gasteiger partial charge in [-0.15, -0.1) is 11.8 Å². The zero-order valence-corrected chi connectivity index (χ0v) is 31.6. The van der Waals surface area contributed by atoms with Crippen molar-refractivity contribution >= 4 is 69.9 Å². The van der Waals surface area contributed by atoms with Crippen molar-refractivity contribution in [2.75, 3.05) is 32.1 Å². The quantitative estimate of drug-likeness (QED) is 0.0592. The second-order valence-corrected chi connectivity index (χ2v) is 14.6. The molecule has 0 bridgehead atoms. The number of hydrogen-bond acceptors (Lipinski definition) is 13. The topological polar surface area (TPSA) is 329 Å². The minimum atomic E-state index is -1.62. The normalized spacial score (nSPS) is 24.0. The Bertz CT molecular complexity index is 1810. The average Bonchev–Trinajstić information content (AvgIpc) is 3.73. The van der Waals surface area contributed by atoms with E-state index in [1.54, 1.807) is 38.1 Å². The number of likely N-dealkylation sites (tertiary alicyclic amines) is 1. The number of aliphatic hydroxyl groups excluding tert-OH is 1. The summed E-state index contributed by atoms with van der Waals surface area (Å²) in [5.41, 5.74) is 12.1. The minimum absolute atomic E-state index is 0.0256. The van der Waals surface area contributed by atoms with E-state index in [-0.39, 0.29) is 25.1 Å². The molecule has 0 radical (unpaired) electrons. The van der Waals surface area contributed by atoms with E-state index >= 15 is 0 Å². The molecule has 2 aliphatic rings. The van der Waals surface area contributed by atoms with Crippen molar-refractivity contribution in [2.45, 2.75) is 80.9 Å². The molecule has 56 heavy (non-hydrogen) atoms. The molecule has 4 rings (SSSR count). The van der Waals surface area contributed by atoms with Gasteiger partial charge in [0.15, 0.2) is 0 Å². The molecule has 7 atom stereocenters. The van der Waals surface area contributed by atoms with Gasteiger partial charge < -0.3 is 53.0 Å². The average molecular weight is 805 g/mol. The van der Waals surface area contributed by atoms with Gasteiger partial charge in [-0.2, -0.15) is 0 Å². The molecular weight excluding hydrogens is 756 g/mol. The van der Waals surface area contributed by atoms with Crippen LogP contribution in [-0.2, 0) is 49.7 Å². The van der Waals surface area contributed by atoms with Crippen LogP contribution >= 0.6 is 11.8 Å². The SMILES string of the molecule is CC[C@H](C)[C@@H]1NC(=O)CNC(=O)C(NCOO)Cc2c([nH]c3ccccc23)SC[C@@H](C(=O)N[C@@H](CC(N)=O)C(=O)N2C[C@H](O)C[C@H]2C(N)=O)NC(=O)CNC1=O. The minimum Gasteiger partial charge on any atom is -0.391 e. The van der Waals surface area contributed by atoms with Gasteiger partial charge in [0.2, 0.25) is 47.3 Å². The maximum atomic E-state index is 14.0. The number of primary amides is 2. The third kappa shape index (κ3) is 11.4. The molecule has 306 valence electrons. The first-order valence-electron chi connectivity index (χ1n) is 17.9. The lowest BCUT2D eigenvalue weighted by Gasteiger charge is -2.28. The number of H-pyrrole nitrogens is 1. The van der Waals surface area contributed by atoms with Crippen LogP contribution in [0.15, 0.2) is 29.3 Å². The van der Waals surface area contributed by atoms with Crippen molar-refractivity contribution in [2.24, 2.45) is 17.4 Å². The number of fused-ring (bicyclic) bond motifs is 3. The summed E-state index contributed by atoms with van der Waals surface area (Å²) in [7, 11) is 0. The van der Waals surface area contributed by atoms with E-state index in [4.69, 9.17) is 16.7 Å². The number of rotatable bonds is 11. The van der Waals surface area contributed by atoms with Crippen molar-refractivity contribution in [3.05, 3.63) is 29.8 Å². The van der Waals surface area contributed by atoms with Gasteiger partial charge >= 0.3 is 0 Å². The Labute approximate surface area is 325 Å². The molecule has 1 aromatic heterocycles. The Morgan fingerprint density at radius 2 is 1.71 bits per heavy atom. The molecule has 22 heteroatoms. The monoisotopic (exact) mass is 804 g/mol. The number of amides is 8. The Morgan fingerprint density at radius 1 is 1.04 bits per heavy atom. The third-order valence-electron chi connectivity index (χ3n) is 9.51. The van der Waals surface area contributed by atoms with E-state index in [2.05, 4.69) is 41.8 Å². The van der Waals surface area contributed by atoms with Crippen LogP contribution < -0.4 is 43.4 Å². The number of nitrogens with one attached hydrogen (secondary N) is 7. The van der Waals surface area contributed by atoms with E-state index in [0.717, 1.165) is 16.7 Å². The highest BCUT2D eigenvalue weighted by atomic mass is 32.2. The van der Waals surface area contributed by atoms with Gasteiger partial charge in [0.1, 0.15) is 30.9 Å². The first-order chi connectivity index (χ1) is 26.6. The highest BCUT2D eigenvalue weighted by Gasteiger charge is 2.41. The standard InChI is InChI=1S/C34H48N10O11S/c1-3-16(2)28-32(52)38-11-26(47)40-23(31(51)41-22(10-25(35)46)34(53)44-13-17(45)8-24(44)29(36)49)14-56-33-19(18-6-4-5-7-20(18)42-33)9-21(39-15-55-54)30(50)37-12-27(48)43-28/h4-7,16-17,21-24,28,39,42,45,54H,3,8-15H2,1-2H3,(H2,35,46)(H2,36,49)(H,37,50)(H,38,52)(H,40,47)(H,41,51)(H,43,48)/t16-,17+,21?,22-,23-,24-,28-/m0/s1. The maximum Gasteiger partial charge on any atom is 0.246 e. The second-order valence-electron chi connectivity index (χ2n) is 13.5. The lowest BCUT2D eigenvalue weighted by atomic mass is 9.98. The Hall–Kier alpha value is -5.29. The van der Waals surface area contributed by atoms with Crippen LogP contribution in [0, 0.1) is 5.92 Å². The fourth-order valence-corrected chi connectivity index (χ4v) is 7.51. The van der Waals surface area contributed by atoms with Crippen molar-refractivity contribution in [1.82, 2.24) is 41.8 Å². The largest absolute Gasteiger partial charge is 0.391 e. The van der Waals surface area contributed by atoms with E-state index in [1.165, 1.54) is 0 Å². The number of β-amino-alcohol motifs (C(OH)–C–C–N with tert-alkyl or cyclic N) is 1. The number of aromatic amines is 1. The zero-order valence-electron chi connectivity index (χ0n) is 30.8. The Morgan fingerprint density at radius 3 is 2.38 bits per heavy atom. The predicted octanol–water partition coefficient (Wildman–Crippen LogP) is -3.72. The molecule has 21 nitrogen and oxygen atoms in total. The van der Waals surface area contributed by atoms with Gasteiger partial charge in [0.05, 0.1) is 36.7 Å². The van der Waals surface area contributed by atoms with E-state index < -0.39 is 116 Å². The van der Waals surface area contributed by atoms with Crippen molar-refractivity contribution in [3.63, 3.8) is 0 Å². The van der Waals surface area contributed by atoms with E-state index in [1.807, 2.05) is 0 Å². The summed E-state index contributed by atoms with van der Waals surface area (Å²) in [6.07, 6.45) is -1.51. The summed E-state index contributed by atoms with van der Waals surface area (Å²) < 4.78 is 0. The number of nitrogens with two attached hydrogens (primary N) is 2. The molecule has 1 unspecified atom stereocenters. The molecule has 1 aromatic carbocycles. The number of aromatic nitrogens is 1. The van der Waals surface area contributed by atoms with Crippen LogP contribution in [0.2, 0.25) is 0 Å². The number of carbonyl (C=O) groups is 8. The van der Waals surface area contributed by atoms with Crippen LogP contribution in [0.3, 0.4) is 0 Å². The van der Waals surface area contributed by atoms with Crippen LogP contribution in [0.1, 0.15) is 38.7 Å². The molecule has 8 amide bonds. The van der Waals surface area contributed by atoms with Gasteiger partial charge in [-0.05, 0) is 17.5 Å². The zero-order chi connectivity index (χ0) is 41.1. The molecule has 13 N–H and O–H groups in total. The molecule has 2 aliphatic heterocycles. The van der Waals surface area contributed by atoms with Crippen LogP contribution in [-0.4, -0.2) is 136 Å². The smallest absolute Gasteiger partial charge is 0.246 e. The predicted molar refractivity (Wildman–Crippen MR) is 199 cm³/mol. The van der Waals surface area contributed by atoms with E-state index in [9.17, 15) is 43.5 Å².